The van der Waals surface area contributed by atoms with Crippen molar-refractivity contribution in [1.29, 1.82) is 0 Å². The number of ether oxygens (including phenoxy) is 1. The average Bonchev–Trinajstić information content (AvgIpc) is 2.77. The van der Waals surface area contributed by atoms with Crippen molar-refractivity contribution in [3.63, 3.8) is 0 Å². The van der Waals surface area contributed by atoms with Gasteiger partial charge in [-0.25, -0.2) is 0 Å². The van der Waals surface area contributed by atoms with E-state index in [9.17, 15) is 4.79 Å². The van der Waals surface area contributed by atoms with Crippen molar-refractivity contribution in [3.05, 3.63) is 76.8 Å². The highest BCUT2D eigenvalue weighted by molar-refractivity contribution is 8.00. The summed E-state index contributed by atoms with van der Waals surface area (Å²) in [5, 5.41) is 9.88. The lowest BCUT2D eigenvalue weighted by molar-refractivity contribution is -0.115. The molecule has 0 aliphatic carbocycles. The molecule has 3 aromatic rings. The fourth-order valence-electron chi connectivity index (χ4n) is 2.77. The SMILES string of the molecule is COc1ccccc1NC(=S)Nc1cccc(SC(C)C(=O)Nc2cccc(Cl)c2Cl)c1. The fourth-order valence-corrected chi connectivity index (χ4v) is 4.27. The molecule has 32 heavy (non-hydrogen) atoms. The van der Waals surface area contributed by atoms with Gasteiger partial charge in [-0.3, -0.25) is 4.79 Å². The predicted molar refractivity (Wildman–Crippen MR) is 140 cm³/mol. The third-order valence-electron chi connectivity index (χ3n) is 4.34. The molecule has 0 aromatic heterocycles. The topological polar surface area (TPSA) is 62.4 Å². The molecule has 0 saturated heterocycles. The molecule has 0 saturated carbocycles. The van der Waals surface area contributed by atoms with Crippen LogP contribution in [0, 0.1) is 0 Å². The molecule has 0 aliphatic rings. The van der Waals surface area contributed by atoms with Crippen molar-refractivity contribution in [2.75, 3.05) is 23.1 Å². The van der Waals surface area contributed by atoms with Crippen molar-refractivity contribution in [1.82, 2.24) is 0 Å². The Morgan fingerprint density at radius 3 is 2.47 bits per heavy atom. The number of thiocarbonyl (C=S) groups is 1. The van der Waals surface area contributed by atoms with Crippen LogP contribution >= 0.6 is 47.2 Å². The van der Waals surface area contributed by atoms with Crippen molar-refractivity contribution in [3.8, 4) is 5.75 Å². The molecular weight excluding hydrogens is 485 g/mol. The van der Waals surface area contributed by atoms with Crippen LogP contribution < -0.4 is 20.7 Å². The Hall–Kier alpha value is -2.45. The van der Waals surface area contributed by atoms with Gasteiger partial charge in [0.15, 0.2) is 5.11 Å². The van der Waals surface area contributed by atoms with Crippen LogP contribution in [0.1, 0.15) is 6.92 Å². The van der Waals surface area contributed by atoms with Crippen LogP contribution in [0.2, 0.25) is 10.0 Å². The number of methoxy groups -OCH3 is 1. The number of benzene rings is 3. The summed E-state index contributed by atoms with van der Waals surface area (Å²) in [5.41, 5.74) is 2.05. The zero-order valence-electron chi connectivity index (χ0n) is 17.3. The number of hydrogen-bond donors (Lipinski definition) is 3. The monoisotopic (exact) mass is 505 g/mol. The molecule has 3 N–H and O–H groups in total. The quantitative estimate of drug-likeness (QED) is 0.239. The van der Waals surface area contributed by atoms with E-state index in [2.05, 4.69) is 16.0 Å². The third kappa shape index (κ3) is 6.53. The number of anilines is 3. The molecule has 1 amide bonds. The standard InChI is InChI=1S/C23H21Cl2N3O2S2/c1-14(22(29)27-19-11-6-9-17(24)21(19)25)32-16-8-5-7-15(13-16)26-23(31)28-18-10-3-4-12-20(18)30-2/h3-14H,1-2H3,(H,27,29)(H2,26,28,31). The highest BCUT2D eigenvalue weighted by Gasteiger charge is 2.17. The first kappa shape index (κ1) is 24.2. The second kappa shape index (κ2) is 11.4. The highest BCUT2D eigenvalue weighted by Crippen LogP contribution is 2.31. The van der Waals surface area contributed by atoms with Crippen LogP contribution in [0.3, 0.4) is 0 Å². The van der Waals surface area contributed by atoms with Crippen LogP contribution in [0.15, 0.2) is 71.6 Å². The first-order valence-corrected chi connectivity index (χ1v) is 11.6. The maximum absolute atomic E-state index is 12.6. The van der Waals surface area contributed by atoms with Crippen LogP contribution in [0.5, 0.6) is 5.75 Å². The van der Waals surface area contributed by atoms with Gasteiger partial charge in [0.1, 0.15) is 5.75 Å². The molecule has 5 nitrogen and oxygen atoms in total. The van der Waals surface area contributed by atoms with E-state index in [4.69, 9.17) is 40.2 Å². The van der Waals surface area contributed by atoms with Gasteiger partial charge in [0.25, 0.3) is 0 Å². The second-order valence-electron chi connectivity index (χ2n) is 6.66. The summed E-state index contributed by atoms with van der Waals surface area (Å²) in [6.45, 7) is 1.83. The van der Waals surface area contributed by atoms with Crippen LogP contribution in [-0.2, 0) is 4.79 Å². The minimum absolute atomic E-state index is 0.175. The number of amides is 1. The highest BCUT2D eigenvalue weighted by atomic mass is 35.5. The molecule has 0 bridgehead atoms. The summed E-state index contributed by atoms with van der Waals surface area (Å²) in [5.74, 6) is 0.520. The van der Waals surface area contributed by atoms with E-state index >= 15 is 0 Å². The van der Waals surface area contributed by atoms with Gasteiger partial charge in [-0.2, -0.15) is 0 Å². The number of para-hydroxylation sites is 2. The fraction of sp³-hybridized carbons (Fsp3) is 0.130. The Kier molecular flexibility index (Phi) is 8.64. The van der Waals surface area contributed by atoms with Gasteiger partial charge in [0.2, 0.25) is 5.91 Å². The minimum atomic E-state index is -0.362. The molecule has 1 unspecified atom stereocenters. The summed E-state index contributed by atoms with van der Waals surface area (Å²) >= 11 is 19.0. The first-order chi connectivity index (χ1) is 15.4. The lowest BCUT2D eigenvalue weighted by atomic mass is 10.3. The summed E-state index contributed by atoms with van der Waals surface area (Å²) < 4.78 is 5.33. The summed E-state index contributed by atoms with van der Waals surface area (Å²) in [6.07, 6.45) is 0. The van der Waals surface area contributed by atoms with E-state index in [0.717, 1.165) is 16.3 Å². The molecular formula is C23H21Cl2N3O2S2. The van der Waals surface area contributed by atoms with Crippen molar-refractivity contribution in [2.45, 2.75) is 17.1 Å². The lowest BCUT2D eigenvalue weighted by Gasteiger charge is -2.15. The number of carbonyl (C=O) groups is 1. The lowest BCUT2D eigenvalue weighted by Crippen LogP contribution is -2.22. The summed E-state index contributed by atoms with van der Waals surface area (Å²) in [4.78, 5) is 13.5. The van der Waals surface area contributed by atoms with Crippen molar-refractivity contribution in [2.24, 2.45) is 0 Å². The normalized spacial score (nSPS) is 11.4. The van der Waals surface area contributed by atoms with Crippen molar-refractivity contribution >= 4 is 75.3 Å². The molecule has 1 atom stereocenters. The number of thioether (sulfide) groups is 1. The molecule has 0 fully saturated rings. The van der Waals surface area contributed by atoms with E-state index in [1.54, 1.807) is 25.3 Å². The van der Waals surface area contributed by atoms with E-state index in [-0.39, 0.29) is 11.2 Å². The Balaban J connectivity index is 1.61. The zero-order chi connectivity index (χ0) is 23.1. The van der Waals surface area contributed by atoms with Gasteiger partial charge in [-0.05, 0) is 61.6 Å². The largest absolute Gasteiger partial charge is 0.495 e. The zero-order valence-corrected chi connectivity index (χ0v) is 20.5. The molecule has 166 valence electrons. The van der Waals surface area contributed by atoms with Gasteiger partial charge < -0.3 is 20.7 Å². The van der Waals surface area contributed by atoms with Gasteiger partial charge in [-0.1, -0.05) is 47.5 Å². The van der Waals surface area contributed by atoms with Crippen molar-refractivity contribution < 1.29 is 9.53 Å². The Morgan fingerprint density at radius 2 is 1.69 bits per heavy atom. The smallest absolute Gasteiger partial charge is 0.237 e. The Morgan fingerprint density at radius 1 is 0.969 bits per heavy atom. The van der Waals surface area contributed by atoms with Gasteiger partial charge in [0, 0.05) is 10.6 Å². The number of nitrogens with one attached hydrogen (secondary N) is 3. The molecule has 3 aromatic carbocycles. The van der Waals surface area contributed by atoms with Crippen LogP contribution in [0.4, 0.5) is 17.1 Å². The molecule has 0 heterocycles. The number of hydrogen-bond acceptors (Lipinski definition) is 4. The van der Waals surface area contributed by atoms with Gasteiger partial charge in [0.05, 0.1) is 33.8 Å². The second-order valence-corrected chi connectivity index (χ2v) is 9.27. The molecule has 0 aliphatic heterocycles. The minimum Gasteiger partial charge on any atom is -0.495 e. The molecule has 0 radical (unpaired) electrons. The Bertz CT molecular complexity index is 1130. The molecule has 9 heteroatoms. The van der Waals surface area contributed by atoms with Crippen LogP contribution in [-0.4, -0.2) is 23.4 Å². The number of carbonyl (C=O) groups excluding carboxylic acids is 1. The Labute approximate surface area is 206 Å². The third-order valence-corrected chi connectivity index (χ3v) is 6.46. The van der Waals surface area contributed by atoms with Gasteiger partial charge in [-0.15, -0.1) is 11.8 Å². The van der Waals surface area contributed by atoms with E-state index < -0.39 is 0 Å². The summed E-state index contributed by atoms with van der Waals surface area (Å²) in [6, 6.07) is 20.3. The van der Waals surface area contributed by atoms with E-state index in [1.165, 1.54) is 11.8 Å². The van der Waals surface area contributed by atoms with E-state index in [1.807, 2.05) is 55.5 Å². The predicted octanol–water partition coefficient (Wildman–Crippen LogP) is 6.93. The molecule has 3 rings (SSSR count). The molecule has 0 spiro atoms. The first-order valence-electron chi connectivity index (χ1n) is 9.60. The number of halogens is 2. The maximum atomic E-state index is 12.6. The summed E-state index contributed by atoms with van der Waals surface area (Å²) in [7, 11) is 1.61. The number of rotatable bonds is 7. The van der Waals surface area contributed by atoms with Crippen LogP contribution in [0.25, 0.3) is 0 Å². The van der Waals surface area contributed by atoms with Gasteiger partial charge >= 0.3 is 0 Å². The van der Waals surface area contributed by atoms with E-state index in [0.29, 0.717) is 26.6 Å². The average molecular weight is 506 g/mol. The maximum Gasteiger partial charge on any atom is 0.237 e.